The molecule has 0 spiro atoms. The number of hydrogen-bond acceptors (Lipinski definition) is 8. The van der Waals surface area contributed by atoms with Crippen molar-refractivity contribution < 1.29 is 23.0 Å². The molecule has 45 heavy (non-hydrogen) atoms. The van der Waals surface area contributed by atoms with Gasteiger partial charge in [0.05, 0.1) is 28.7 Å². The number of fused-ring (bicyclic) bond motifs is 4. The monoisotopic (exact) mass is 612 g/mol. The molecule has 0 aliphatic carbocycles. The van der Waals surface area contributed by atoms with Crippen LogP contribution in [0.15, 0.2) is 30.3 Å². The van der Waals surface area contributed by atoms with Crippen LogP contribution < -0.4 is 15.0 Å². The first-order valence-electron chi connectivity index (χ1n) is 15.0. The van der Waals surface area contributed by atoms with Gasteiger partial charge in [0.2, 0.25) is 0 Å². The number of rotatable bonds is 5. The maximum atomic E-state index is 16.8. The number of nitrogens with zero attached hydrogens (tertiary/aromatic N) is 5. The summed E-state index contributed by atoms with van der Waals surface area (Å²) in [5, 5.41) is 24.4. The van der Waals surface area contributed by atoms with Crippen molar-refractivity contribution in [2.45, 2.75) is 43.8 Å². The van der Waals surface area contributed by atoms with Crippen LogP contribution in [0.5, 0.6) is 11.8 Å². The van der Waals surface area contributed by atoms with Gasteiger partial charge < -0.3 is 20.1 Å². The van der Waals surface area contributed by atoms with Gasteiger partial charge in [0.15, 0.2) is 5.82 Å². The molecule has 0 radical (unpaired) electrons. The van der Waals surface area contributed by atoms with Crippen molar-refractivity contribution in [2.75, 3.05) is 38.2 Å². The second kappa shape index (κ2) is 10.8. The Bertz CT molecular complexity index is 1940. The smallest absolute Gasteiger partial charge is 0.319 e. The number of piperazine rings is 1. The van der Waals surface area contributed by atoms with E-state index >= 15 is 8.78 Å². The van der Waals surface area contributed by atoms with Gasteiger partial charge in [0.1, 0.15) is 35.3 Å². The Balaban J connectivity index is 1.42. The number of anilines is 1. The third-order valence-corrected chi connectivity index (χ3v) is 9.85. The van der Waals surface area contributed by atoms with Crippen LogP contribution in [-0.2, 0) is 0 Å². The third-order valence-electron chi connectivity index (χ3n) is 9.85. The standard InChI is InChI=1S/C34H31F3N6O2/c1-4-23-26(35)8-5-18-11-22(44)12-24(28(18)23)29-27(36)13-25-31(30(29)37)40-33(45-17-34(2)19(14-38)9-10-42(34)3)41-32(25)43-15-20-6-7-21(16-43)39-20/h1,5,8,11-13,19-21,39,44H,6-7,9-10,15-17H2,2-3H3/t19-,20-,21+,34-/m0/s1. The van der Waals surface area contributed by atoms with E-state index in [0.29, 0.717) is 30.7 Å². The van der Waals surface area contributed by atoms with E-state index in [9.17, 15) is 14.8 Å². The van der Waals surface area contributed by atoms with Crippen LogP contribution in [0.4, 0.5) is 19.0 Å². The lowest BCUT2D eigenvalue weighted by molar-refractivity contribution is 0.0900. The number of nitrogens with one attached hydrogen (secondary N) is 1. The summed E-state index contributed by atoms with van der Waals surface area (Å²) in [6, 6.07) is 8.94. The molecule has 4 atom stereocenters. The van der Waals surface area contributed by atoms with Gasteiger partial charge in [0, 0.05) is 41.5 Å². The number of likely N-dealkylation sites (tertiary alicyclic amines) is 1. The zero-order chi connectivity index (χ0) is 31.6. The number of ether oxygens (including phenoxy) is 1. The number of halogens is 3. The van der Waals surface area contributed by atoms with Crippen molar-refractivity contribution in [1.29, 1.82) is 5.26 Å². The van der Waals surface area contributed by atoms with Crippen molar-refractivity contribution in [2.24, 2.45) is 5.92 Å². The van der Waals surface area contributed by atoms with E-state index in [-0.39, 0.29) is 63.8 Å². The predicted molar refractivity (Wildman–Crippen MR) is 164 cm³/mol. The maximum Gasteiger partial charge on any atom is 0.319 e. The van der Waals surface area contributed by atoms with Crippen LogP contribution >= 0.6 is 0 Å². The zero-order valence-corrected chi connectivity index (χ0v) is 24.9. The van der Waals surface area contributed by atoms with E-state index < -0.39 is 28.6 Å². The third kappa shape index (κ3) is 4.70. The lowest BCUT2D eigenvalue weighted by Gasteiger charge is -2.35. The Kier molecular flexibility index (Phi) is 6.99. The quantitative estimate of drug-likeness (QED) is 0.301. The van der Waals surface area contributed by atoms with Crippen LogP contribution in [-0.4, -0.2) is 70.9 Å². The lowest BCUT2D eigenvalue weighted by atomic mass is 9.88. The second-order valence-electron chi connectivity index (χ2n) is 12.5. The fourth-order valence-electron chi connectivity index (χ4n) is 7.23. The molecule has 3 saturated heterocycles. The largest absolute Gasteiger partial charge is 0.508 e. The summed E-state index contributed by atoms with van der Waals surface area (Å²) in [7, 11) is 1.92. The molecule has 3 aliphatic heterocycles. The summed E-state index contributed by atoms with van der Waals surface area (Å²) in [5.41, 5.74) is -1.59. The molecule has 0 saturated carbocycles. The van der Waals surface area contributed by atoms with E-state index in [1.807, 2.05) is 18.9 Å². The number of phenols is 1. The molecular formula is C34H31F3N6O2. The molecule has 3 aromatic carbocycles. The predicted octanol–water partition coefficient (Wildman–Crippen LogP) is 5.11. The van der Waals surface area contributed by atoms with Gasteiger partial charge in [-0.05, 0) is 69.4 Å². The van der Waals surface area contributed by atoms with Gasteiger partial charge in [-0.2, -0.15) is 15.2 Å². The van der Waals surface area contributed by atoms with Crippen molar-refractivity contribution in [1.82, 2.24) is 20.2 Å². The molecule has 4 heterocycles. The highest BCUT2D eigenvalue weighted by atomic mass is 19.1. The number of aromatic nitrogens is 2. The van der Waals surface area contributed by atoms with Crippen LogP contribution in [0, 0.1) is 47.0 Å². The lowest BCUT2D eigenvalue weighted by Crippen LogP contribution is -2.51. The second-order valence-corrected chi connectivity index (χ2v) is 12.5. The molecule has 3 aliphatic rings. The van der Waals surface area contributed by atoms with Gasteiger partial charge in [0.25, 0.3) is 0 Å². The van der Waals surface area contributed by atoms with Crippen LogP contribution in [0.1, 0.15) is 31.7 Å². The molecule has 11 heteroatoms. The molecule has 7 rings (SSSR count). The van der Waals surface area contributed by atoms with Crippen molar-refractivity contribution in [3.8, 4) is 41.3 Å². The average molecular weight is 613 g/mol. The number of benzene rings is 3. The highest BCUT2D eigenvalue weighted by Crippen LogP contribution is 2.42. The molecule has 0 amide bonds. The summed E-state index contributed by atoms with van der Waals surface area (Å²) in [4.78, 5) is 13.2. The number of likely N-dealkylation sites (N-methyl/N-ethyl adjacent to an activating group) is 1. The maximum absolute atomic E-state index is 16.8. The van der Waals surface area contributed by atoms with Gasteiger partial charge in [-0.25, -0.2) is 13.2 Å². The highest BCUT2D eigenvalue weighted by Gasteiger charge is 2.44. The summed E-state index contributed by atoms with van der Waals surface area (Å²) < 4.78 is 53.9. The van der Waals surface area contributed by atoms with Crippen molar-refractivity contribution in [3.05, 3.63) is 53.3 Å². The summed E-state index contributed by atoms with van der Waals surface area (Å²) in [5.74, 6) is -0.601. The van der Waals surface area contributed by atoms with E-state index in [0.717, 1.165) is 25.5 Å². The number of nitriles is 1. The first kappa shape index (κ1) is 29.1. The topological polar surface area (TPSA) is 97.5 Å². The minimum atomic E-state index is -1.02. The first-order valence-corrected chi connectivity index (χ1v) is 15.0. The van der Waals surface area contributed by atoms with Crippen LogP contribution in [0.3, 0.4) is 0 Å². The molecule has 2 bridgehead atoms. The molecule has 8 nitrogen and oxygen atoms in total. The molecule has 3 fully saturated rings. The number of terminal acetylenes is 1. The highest BCUT2D eigenvalue weighted by molar-refractivity contribution is 6.04. The average Bonchev–Trinajstić information content (AvgIpc) is 3.51. The van der Waals surface area contributed by atoms with Gasteiger partial charge >= 0.3 is 6.01 Å². The molecule has 4 aromatic rings. The van der Waals surface area contributed by atoms with E-state index in [1.165, 1.54) is 24.3 Å². The van der Waals surface area contributed by atoms with Gasteiger partial charge in [-0.3, -0.25) is 4.90 Å². The molecule has 230 valence electrons. The van der Waals surface area contributed by atoms with E-state index in [2.05, 4.69) is 27.2 Å². The SMILES string of the molecule is C#Cc1c(F)ccc2cc(O)cc(-c3c(F)cc4c(N5C[C@H]6CC[C@@H](C5)N6)nc(OC[C@@]5(C)[C@H](C#N)CCN5C)nc4c3F)c12. The Morgan fingerprint density at radius 2 is 1.87 bits per heavy atom. The Morgan fingerprint density at radius 1 is 1.11 bits per heavy atom. The van der Waals surface area contributed by atoms with E-state index in [1.54, 1.807) is 0 Å². The fraction of sp³-hybridized carbons (Fsp3) is 0.382. The molecule has 2 N–H and O–H groups in total. The number of aromatic hydroxyl groups is 1. The van der Waals surface area contributed by atoms with Crippen molar-refractivity contribution in [3.63, 3.8) is 0 Å². The Morgan fingerprint density at radius 3 is 2.58 bits per heavy atom. The number of phenolic OH excluding ortho intramolecular Hbond substituents is 1. The molecular weight excluding hydrogens is 581 g/mol. The zero-order valence-electron chi connectivity index (χ0n) is 24.9. The molecule has 1 aromatic heterocycles. The fourth-order valence-corrected chi connectivity index (χ4v) is 7.23. The van der Waals surface area contributed by atoms with Gasteiger partial charge in [-0.1, -0.05) is 12.0 Å². The Hall–Kier alpha value is -4.58. The van der Waals surface area contributed by atoms with Crippen LogP contribution in [0.25, 0.3) is 32.8 Å². The van der Waals surface area contributed by atoms with Crippen LogP contribution in [0.2, 0.25) is 0 Å². The summed E-state index contributed by atoms with van der Waals surface area (Å²) in [6.07, 6.45) is 8.29. The van der Waals surface area contributed by atoms with E-state index in [4.69, 9.17) is 16.1 Å². The Labute approximate surface area is 258 Å². The minimum absolute atomic E-state index is 0.0805. The molecule has 0 unspecified atom stereocenters. The minimum Gasteiger partial charge on any atom is -0.508 e. The van der Waals surface area contributed by atoms with Gasteiger partial charge in [-0.15, -0.1) is 6.42 Å². The summed E-state index contributed by atoms with van der Waals surface area (Å²) in [6.45, 7) is 3.92. The van der Waals surface area contributed by atoms with Crippen molar-refractivity contribution >= 4 is 27.5 Å². The number of hydrogen-bond donors (Lipinski definition) is 2. The summed E-state index contributed by atoms with van der Waals surface area (Å²) >= 11 is 0. The normalized spacial score (nSPS) is 24.7. The first-order chi connectivity index (χ1) is 21.6.